The molecule has 2 aromatic rings. The summed E-state index contributed by atoms with van der Waals surface area (Å²) in [5.74, 6) is 1.12. The first-order valence-electron chi connectivity index (χ1n) is 5.96. The minimum Gasteiger partial charge on any atom is -0.459 e. The van der Waals surface area contributed by atoms with Crippen molar-refractivity contribution < 1.29 is 4.42 Å². The lowest BCUT2D eigenvalue weighted by Crippen LogP contribution is -2.34. The number of furan rings is 1. The number of likely N-dealkylation sites (N-methyl/N-ethyl adjacent to an activating group) is 1. The van der Waals surface area contributed by atoms with E-state index >= 15 is 0 Å². The van der Waals surface area contributed by atoms with Crippen molar-refractivity contribution in [3.63, 3.8) is 0 Å². The van der Waals surface area contributed by atoms with Crippen LogP contribution in [0.1, 0.15) is 12.7 Å². The summed E-state index contributed by atoms with van der Waals surface area (Å²) in [6.07, 6.45) is 3.60. The Bertz CT molecular complexity index is 641. The molecule has 86 valence electrons. The van der Waals surface area contributed by atoms with Crippen LogP contribution in [0.3, 0.4) is 0 Å². The van der Waals surface area contributed by atoms with E-state index in [2.05, 4.69) is 42.1 Å². The van der Waals surface area contributed by atoms with E-state index in [1.165, 1.54) is 16.8 Å². The second-order valence-corrected chi connectivity index (χ2v) is 4.84. The van der Waals surface area contributed by atoms with Crippen LogP contribution in [0.25, 0.3) is 11.0 Å². The highest BCUT2D eigenvalue weighted by Crippen LogP contribution is 2.44. The van der Waals surface area contributed by atoms with Gasteiger partial charge in [0.15, 0.2) is 0 Å². The molecule has 1 unspecified atom stereocenters. The summed E-state index contributed by atoms with van der Waals surface area (Å²) in [7, 11) is 2.14. The molecule has 1 aromatic heterocycles. The van der Waals surface area contributed by atoms with Gasteiger partial charge in [-0.25, -0.2) is 0 Å². The van der Waals surface area contributed by atoms with Gasteiger partial charge in [-0.1, -0.05) is 12.1 Å². The van der Waals surface area contributed by atoms with Crippen molar-refractivity contribution in [1.29, 1.82) is 0 Å². The van der Waals surface area contributed by atoms with E-state index in [-0.39, 0.29) is 0 Å². The molecule has 3 heteroatoms. The van der Waals surface area contributed by atoms with Crippen LogP contribution >= 0.6 is 0 Å². The van der Waals surface area contributed by atoms with Crippen LogP contribution in [-0.2, 0) is 6.42 Å². The van der Waals surface area contributed by atoms with Crippen LogP contribution in [0.2, 0.25) is 0 Å². The van der Waals surface area contributed by atoms with Crippen molar-refractivity contribution in [3.8, 4) is 0 Å². The van der Waals surface area contributed by atoms with Crippen molar-refractivity contribution in [2.45, 2.75) is 19.5 Å². The first-order chi connectivity index (χ1) is 8.25. The molecule has 0 bridgehead atoms. The number of nitrogens with zero attached hydrogens (tertiary/aromatic N) is 2. The van der Waals surface area contributed by atoms with Gasteiger partial charge in [0, 0.05) is 30.8 Å². The van der Waals surface area contributed by atoms with Gasteiger partial charge in [0.25, 0.3) is 0 Å². The number of hydrogen-bond acceptors (Lipinski definition) is 3. The molecule has 0 saturated heterocycles. The number of anilines is 1. The molecule has 2 aliphatic rings. The van der Waals surface area contributed by atoms with Crippen molar-refractivity contribution in [3.05, 3.63) is 41.9 Å². The van der Waals surface area contributed by atoms with Gasteiger partial charge in [0.1, 0.15) is 17.5 Å². The predicted octanol–water partition coefficient (Wildman–Crippen LogP) is 2.93. The lowest BCUT2D eigenvalue weighted by atomic mass is 10.2. The number of para-hydroxylation sites is 1. The molecule has 3 nitrogen and oxygen atoms in total. The molecule has 1 atom stereocenters. The minimum absolute atomic E-state index is 0.411. The summed E-state index contributed by atoms with van der Waals surface area (Å²) < 4.78 is 5.93. The lowest BCUT2D eigenvalue weighted by Gasteiger charge is -2.24. The third-order valence-corrected chi connectivity index (χ3v) is 3.92. The zero-order chi connectivity index (χ0) is 11.6. The number of benzene rings is 1. The molecule has 0 fully saturated rings. The SMILES string of the molecule is CC1=CN2c3c(oc4ccccc34)CC2N1C. The van der Waals surface area contributed by atoms with Gasteiger partial charge < -0.3 is 14.2 Å². The molecule has 17 heavy (non-hydrogen) atoms. The molecule has 1 aromatic carbocycles. The Hall–Kier alpha value is -1.90. The minimum atomic E-state index is 0.411. The molecule has 0 radical (unpaired) electrons. The number of allylic oxidation sites excluding steroid dienone is 1. The summed E-state index contributed by atoms with van der Waals surface area (Å²) >= 11 is 0. The molecule has 0 N–H and O–H groups in total. The van der Waals surface area contributed by atoms with Crippen LogP contribution in [0.5, 0.6) is 0 Å². The number of fused-ring (bicyclic) bond motifs is 5. The maximum Gasteiger partial charge on any atom is 0.136 e. The van der Waals surface area contributed by atoms with Crippen LogP contribution in [0.4, 0.5) is 5.69 Å². The van der Waals surface area contributed by atoms with E-state index in [1.807, 2.05) is 12.1 Å². The Labute approximate surface area is 99.9 Å². The Kier molecular flexibility index (Phi) is 1.54. The molecular weight excluding hydrogens is 212 g/mol. The Morgan fingerprint density at radius 1 is 1.29 bits per heavy atom. The highest BCUT2D eigenvalue weighted by molar-refractivity contribution is 5.95. The van der Waals surface area contributed by atoms with Crippen LogP contribution < -0.4 is 4.90 Å². The largest absolute Gasteiger partial charge is 0.459 e. The Balaban J connectivity index is 1.96. The quantitative estimate of drug-likeness (QED) is 0.688. The summed E-state index contributed by atoms with van der Waals surface area (Å²) in [5, 5.41) is 1.23. The third kappa shape index (κ3) is 1.01. The fourth-order valence-electron chi connectivity index (χ4n) is 2.92. The van der Waals surface area contributed by atoms with Gasteiger partial charge in [-0.3, -0.25) is 0 Å². The lowest BCUT2D eigenvalue weighted by molar-refractivity contribution is 0.334. The maximum atomic E-state index is 5.93. The summed E-state index contributed by atoms with van der Waals surface area (Å²) in [6.45, 7) is 2.15. The van der Waals surface area contributed by atoms with Crippen LogP contribution in [0, 0.1) is 0 Å². The normalized spacial score (nSPS) is 22.0. The van der Waals surface area contributed by atoms with E-state index < -0.39 is 0 Å². The summed E-state index contributed by atoms with van der Waals surface area (Å²) in [6, 6.07) is 8.28. The third-order valence-electron chi connectivity index (χ3n) is 3.92. The highest BCUT2D eigenvalue weighted by Gasteiger charge is 2.39. The monoisotopic (exact) mass is 226 g/mol. The van der Waals surface area contributed by atoms with Gasteiger partial charge in [-0.05, 0) is 19.1 Å². The van der Waals surface area contributed by atoms with Gasteiger partial charge in [0.05, 0.1) is 5.69 Å². The molecule has 0 spiro atoms. The fourth-order valence-corrected chi connectivity index (χ4v) is 2.92. The van der Waals surface area contributed by atoms with Gasteiger partial charge in [-0.2, -0.15) is 0 Å². The van der Waals surface area contributed by atoms with E-state index in [4.69, 9.17) is 4.42 Å². The van der Waals surface area contributed by atoms with Crippen molar-refractivity contribution in [1.82, 2.24) is 4.90 Å². The molecule has 0 aliphatic carbocycles. The molecule has 0 saturated carbocycles. The number of hydrogen-bond donors (Lipinski definition) is 0. The van der Waals surface area contributed by atoms with Gasteiger partial charge in [-0.15, -0.1) is 0 Å². The van der Waals surface area contributed by atoms with Crippen molar-refractivity contribution in [2.24, 2.45) is 0 Å². The molecule has 2 aliphatic heterocycles. The second-order valence-electron chi connectivity index (χ2n) is 4.84. The second kappa shape index (κ2) is 2.86. The fraction of sp³-hybridized carbons (Fsp3) is 0.286. The Morgan fingerprint density at radius 3 is 3.00 bits per heavy atom. The van der Waals surface area contributed by atoms with Gasteiger partial charge >= 0.3 is 0 Å². The first-order valence-corrected chi connectivity index (χ1v) is 5.96. The van der Waals surface area contributed by atoms with E-state index in [9.17, 15) is 0 Å². The van der Waals surface area contributed by atoms with Crippen LogP contribution in [-0.4, -0.2) is 18.1 Å². The average molecular weight is 226 g/mol. The topological polar surface area (TPSA) is 19.6 Å². The smallest absolute Gasteiger partial charge is 0.136 e. The number of rotatable bonds is 0. The van der Waals surface area contributed by atoms with Crippen molar-refractivity contribution >= 4 is 16.7 Å². The molecular formula is C14H14N2O. The van der Waals surface area contributed by atoms with Gasteiger partial charge in [0.2, 0.25) is 0 Å². The molecule has 3 heterocycles. The molecule has 0 amide bonds. The van der Waals surface area contributed by atoms with Crippen LogP contribution in [0.15, 0.2) is 40.6 Å². The zero-order valence-electron chi connectivity index (χ0n) is 9.97. The van der Waals surface area contributed by atoms with E-state index in [0.717, 1.165) is 17.8 Å². The Morgan fingerprint density at radius 2 is 2.12 bits per heavy atom. The summed E-state index contributed by atoms with van der Waals surface area (Å²) in [5.41, 5.74) is 3.57. The predicted molar refractivity (Wildman–Crippen MR) is 67.7 cm³/mol. The highest BCUT2D eigenvalue weighted by atomic mass is 16.3. The van der Waals surface area contributed by atoms with Crippen molar-refractivity contribution in [2.75, 3.05) is 11.9 Å². The van der Waals surface area contributed by atoms with E-state index in [1.54, 1.807) is 0 Å². The first kappa shape index (κ1) is 9.16. The zero-order valence-corrected chi connectivity index (χ0v) is 9.97. The maximum absolute atomic E-state index is 5.93. The summed E-state index contributed by atoms with van der Waals surface area (Å²) in [4.78, 5) is 4.65. The van der Waals surface area contributed by atoms with E-state index in [0.29, 0.717) is 6.17 Å². The average Bonchev–Trinajstić information content (AvgIpc) is 2.92. The standard InChI is InChI=1S/C14H14N2O/c1-9-8-16-13(15(9)2)7-12-14(16)10-5-3-4-6-11(10)17-12/h3-6,8,13H,7H2,1-2H3. The molecule has 4 rings (SSSR count).